The number of anilines is 1. The normalized spacial score (nSPS) is 20.5. The Morgan fingerprint density at radius 2 is 1.94 bits per heavy atom. The van der Waals surface area contributed by atoms with Crippen LogP contribution in [0, 0.1) is 0 Å². The minimum atomic E-state index is 0.449. The van der Waals surface area contributed by atoms with E-state index in [0.717, 1.165) is 12.3 Å². The highest BCUT2D eigenvalue weighted by atomic mass is 16.5. The number of hydrogen-bond acceptors (Lipinski definition) is 2. The molecule has 1 saturated carbocycles. The summed E-state index contributed by atoms with van der Waals surface area (Å²) in [7, 11) is 0. The summed E-state index contributed by atoms with van der Waals surface area (Å²) in [6, 6.07) is 6.54. The summed E-state index contributed by atoms with van der Waals surface area (Å²) in [6.45, 7) is 1.10. The number of fused-ring (bicyclic) bond motifs is 1. The van der Waals surface area contributed by atoms with Gasteiger partial charge in [-0.15, -0.1) is 0 Å². The second kappa shape index (κ2) is 4.99. The van der Waals surface area contributed by atoms with Gasteiger partial charge in [0.15, 0.2) is 0 Å². The SMILES string of the molecule is c1cc2c(cc1OC1CCCCC1)NCCC2. The first-order chi connectivity index (χ1) is 8.42. The van der Waals surface area contributed by atoms with Crippen LogP contribution in [0.15, 0.2) is 18.2 Å². The number of aryl methyl sites for hydroxylation is 1. The smallest absolute Gasteiger partial charge is 0.121 e. The highest BCUT2D eigenvalue weighted by molar-refractivity contribution is 5.56. The van der Waals surface area contributed by atoms with Gasteiger partial charge in [0.1, 0.15) is 5.75 Å². The van der Waals surface area contributed by atoms with Crippen molar-refractivity contribution < 1.29 is 4.74 Å². The van der Waals surface area contributed by atoms with Crippen molar-refractivity contribution in [1.82, 2.24) is 0 Å². The molecule has 2 heteroatoms. The van der Waals surface area contributed by atoms with Crippen molar-refractivity contribution in [1.29, 1.82) is 0 Å². The average Bonchev–Trinajstić information content (AvgIpc) is 2.40. The molecule has 2 nitrogen and oxygen atoms in total. The van der Waals surface area contributed by atoms with Crippen molar-refractivity contribution in [3.05, 3.63) is 23.8 Å². The van der Waals surface area contributed by atoms with Gasteiger partial charge < -0.3 is 10.1 Å². The predicted molar refractivity (Wildman–Crippen MR) is 70.8 cm³/mol. The van der Waals surface area contributed by atoms with E-state index in [1.807, 2.05) is 0 Å². The fourth-order valence-corrected chi connectivity index (χ4v) is 2.89. The summed E-state index contributed by atoms with van der Waals surface area (Å²) >= 11 is 0. The predicted octanol–water partition coefficient (Wildman–Crippen LogP) is 3.76. The molecule has 1 aromatic carbocycles. The zero-order chi connectivity index (χ0) is 11.5. The van der Waals surface area contributed by atoms with Crippen LogP contribution >= 0.6 is 0 Å². The molecular weight excluding hydrogens is 210 g/mol. The summed E-state index contributed by atoms with van der Waals surface area (Å²) in [5.41, 5.74) is 2.72. The molecular formula is C15H21NO. The van der Waals surface area contributed by atoms with E-state index < -0.39 is 0 Å². The summed E-state index contributed by atoms with van der Waals surface area (Å²) in [5, 5.41) is 3.46. The molecule has 0 bridgehead atoms. The molecule has 0 amide bonds. The minimum absolute atomic E-state index is 0.449. The van der Waals surface area contributed by atoms with Gasteiger partial charge in [-0.2, -0.15) is 0 Å². The van der Waals surface area contributed by atoms with Gasteiger partial charge in [0.25, 0.3) is 0 Å². The lowest BCUT2D eigenvalue weighted by molar-refractivity contribution is 0.155. The maximum atomic E-state index is 6.08. The lowest BCUT2D eigenvalue weighted by atomic mass is 9.97. The average molecular weight is 231 g/mol. The van der Waals surface area contributed by atoms with E-state index in [2.05, 4.69) is 23.5 Å². The van der Waals surface area contributed by atoms with E-state index in [1.165, 1.54) is 56.2 Å². The molecule has 0 saturated heterocycles. The first-order valence-electron chi connectivity index (χ1n) is 6.95. The number of benzene rings is 1. The molecule has 1 aromatic rings. The molecule has 0 unspecified atom stereocenters. The highest BCUT2D eigenvalue weighted by Crippen LogP contribution is 2.29. The van der Waals surface area contributed by atoms with Gasteiger partial charge in [-0.3, -0.25) is 0 Å². The first kappa shape index (κ1) is 10.9. The molecule has 3 rings (SSSR count). The van der Waals surface area contributed by atoms with E-state index in [-0.39, 0.29) is 0 Å². The molecule has 0 atom stereocenters. The largest absolute Gasteiger partial charge is 0.490 e. The van der Waals surface area contributed by atoms with Gasteiger partial charge >= 0.3 is 0 Å². The second-order valence-corrected chi connectivity index (χ2v) is 5.23. The highest BCUT2D eigenvalue weighted by Gasteiger charge is 2.16. The number of nitrogens with one attached hydrogen (secondary N) is 1. The van der Waals surface area contributed by atoms with Gasteiger partial charge in [0.05, 0.1) is 6.10 Å². The Bertz CT molecular complexity index is 383. The van der Waals surface area contributed by atoms with Crippen LogP contribution in [0.4, 0.5) is 5.69 Å². The Morgan fingerprint density at radius 3 is 2.82 bits per heavy atom. The summed E-state index contributed by atoms with van der Waals surface area (Å²) < 4.78 is 6.08. The number of hydrogen-bond donors (Lipinski definition) is 1. The van der Waals surface area contributed by atoms with Gasteiger partial charge in [-0.25, -0.2) is 0 Å². The van der Waals surface area contributed by atoms with Crippen LogP contribution in [0.25, 0.3) is 0 Å². The monoisotopic (exact) mass is 231 g/mol. The lowest BCUT2D eigenvalue weighted by Crippen LogP contribution is -2.20. The fourth-order valence-electron chi connectivity index (χ4n) is 2.89. The zero-order valence-corrected chi connectivity index (χ0v) is 10.4. The van der Waals surface area contributed by atoms with Crippen molar-refractivity contribution in [2.24, 2.45) is 0 Å². The summed E-state index contributed by atoms with van der Waals surface area (Å²) in [6.07, 6.45) is 9.38. The molecule has 0 aromatic heterocycles. The lowest BCUT2D eigenvalue weighted by Gasteiger charge is -2.24. The maximum absolute atomic E-state index is 6.08. The quantitative estimate of drug-likeness (QED) is 0.837. The molecule has 1 aliphatic carbocycles. The molecule has 0 spiro atoms. The molecule has 1 aliphatic heterocycles. The zero-order valence-electron chi connectivity index (χ0n) is 10.4. The van der Waals surface area contributed by atoms with E-state index >= 15 is 0 Å². The van der Waals surface area contributed by atoms with Crippen molar-refractivity contribution in [3.63, 3.8) is 0 Å². The van der Waals surface area contributed by atoms with Crippen molar-refractivity contribution in [2.45, 2.75) is 51.0 Å². The third kappa shape index (κ3) is 2.56. The Morgan fingerprint density at radius 1 is 1.06 bits per heavy atom. The van der Waals surface area contributed by atoms with Crippen LogP contribution in [0.1, 0.15) is 44.1 Å². The van der Waals surface area contributed by atoms with Crippen LogP contribution < -0.4 is 10.1 Å². The Labute approximate surface area is 103 Å². The topological polar surface area (TPSA) is 21.3 Å². The van der Waals surface area contributed by atoms with Crippen LogP contribution in [0.2, 0.25) is 0 Å². The van der Waals surface area contributed by atoms with E-state index in [1.54, 1.807) is 0 Å². The van der Waals surface area contributed by atoms with Crippen molar-refractivity contribution >= 4 is 5.69 Å². The van der Waals surface area contributed by atoms with Gasteiger partial charge in [0, 0.05) is 18.3 Å². The molecule has 92 valence electrons. The third-order valence-corrected chi connectivity index (χ3v) is 3.87. The molecule has 17 heavy (non-hydrogen) atoms. The van der Waals surface area contributed by atoms with Crippen molar-refractivity contribution in [3.8, 4) is 5.75 Å². The van der Waals surface area contributed by atoms with Crippen LogP contribution in [0.5, 0.6) is 5.75 Å². The van der Waals surface area contributed by atoms with Gasteiger partial charge in [0.2, 0.25) is 0 Å². The number of rotatable bonds is 2. The van der Waals surface area contributed by atoms with Gasteiger partial charge in [-0.05, 0) is 50.2 Å². The molecule has 2 aliphatic rings. The fraction of sp³-hybridized carbons (Fsp3) is 0.600. The Kier molecular flexibility index (Phi) is 3.21. The number of ether oxygens (including phenoxy) is 1. The Balaban J connectivity index is 1.70. The van der Waals surface area contributed by atoms with Crippen LogP contribution in [-0.2, 0) is 6.42 Å². The molecule has 0 radical (unpaired) electrons. The standard InChI is InChI=1S/C15H21NO/c1-2-6-13(7-3-1)17-14-9-8-12-5-4-10-16-15(12)11-14/h8-9,11,13,16H,1-7,10H2. The first-order valence-corrected chi connectivity index (χ1v) is 6.95. The molecule has 1 heterocycles. The maximum Gasteiger partial charge on any atom is 0.121 e. The minimum Gasteiger partial charge on any atom is -0.490 e. The van der Waals surface area contributed by atoms with E-state index in [0.29, 0.717) is 6.10 Å². The van der Waals surface area contributed by atoms with Crippen LogP contribution in [0.3, 0.4) is 0 Å². The second-order valence-electron chi connectivity index (χ2n) is 5.23. The van der Waals surface area contributed by atoms with Crippen molar-refractivity contribution in [2.75, 3.05) is 11.9 Å². The van der Waals surface area contributed by atoms with Crippen LogP contribution in [-0.4, -0.2) is 12.6 Å². The van der Waals surface area contributed by atoms with Gasteiger partial charge in [-0.1, -0.05) is 12.5 Å². The summed E-state index contributed by atoms with van der Waals surface area (Å²) in [4.78, 5) is 0. The summed E-state index contributed by atoms with van der Waals surface area (Å²) in [5.74, 6) is 1.05. The van der Waals surface area contributed by atoms with E-state index in [4.69, 9.17) is 4.74 Å². The Hall–Kier alpha value is -1.18. The van der Waals surface area contributed by atoms with E-state index in [9.17, 15) is 0 Å². The molecule has 1 fully saturated rings. The third-order valence-electron chi connectivity index (χ3n) is 3.87. The molecule has 1 N–H and O–H groups in total.